The minimum absolute atomic E-state index is 0. The van der Waals surface area contributed by atoms with Gasteiger partial charge in [0.15, 0.2) is 5.96 Å². The molecule has 2 atom stereocenters. The summed E-state index contributed by atoms with van der Waals surface area (Å²) in [7, 11) is 1.84. The Kier molecular flexibility index (Phi) is 12.7. The van der Waals surface area contributed by atoms with Crippen molar-refractivity contribution in [3.05, 3.63) is 35.9 Å². The molecule has 2 unspecified atom stereocenters. The van der Waals surface area contributed by atoms with Crippen molar-refractivity contribution in [2.45, 2.75) is 38.2 Å². The van der Waals surface area contributed by atoms with Crippen molar-refractivity contribution < 1.29 is 9.47 Å². The predicted molar refractivity (Wildman–Crippen MR) is 134 cm³/mol. The third-order valence-electron chi connectivity index (χ3n) is 5.80. The SMILES string of the molecule is CN=C(NCCCOCC1CCCO1)NCC1CCN(CCc2ccccc2)C1.I. The van der Waals surface area contributed by atoms with Crippen LogP contribution in [-0.4, -0.2) is 76.6 Å². The van der Waals surface area contributed by atoms with Crippen molar-refractivity contribution in [1.82, 2.24) is 15.5 Å². The second kappa shape index (κ2) is 15.0. The summed E-state index contributed by atoms with van der Waals surface area (Å²) in [5, 5.41) is 6.89. The largest absolute Gasteiger partial charge is 0.379 e. The molecule has 2 fully saturated rings. The van der Waals surface area contributed by atoms with Crippen molar-refractivity contribution in [3.8, 4) is 0 Å². The maximum absolute atomic E-state index is 5.71. The average Bonchev–Trinajstić information content (AvgIpc) is 3.44. The summed E-state index contributed by atoms with van der Waals surface area (Å²) in [5.74, 6) is 1.59. The zero-order valence-electron chi connectivity index (χ0n) is 18.4. The van der Waals surface area contributed by atoms with E-state index in [-0.39, 0.29) is 24.0 Å². The molecule has 2 aliphatic heterocycles. The van der Waals surface area contributed by atoms with E-state index in [9.17, 15) is 0 Å². The van der Waals surface area contributed by atoms with Crippen molar-refractivity contribution in [2.75, 3.05) is 59.6 Å². The van der Waals surface area contributed by atoms with Crippen molar-refractivity contribution >= 4 is 29.9 Å². The van der Waals surface area contributed by atoms with Crippen LogP contribution in [-0.2, 0) is 15.9 Å². The molecule has 2 N–H and O–H groups in total. The van der Waals surface area contributed by atoms with Gasteiger partial charge in [0, 0.05) is 46.4 Å². The quantitative estimate of drug-likeness (QED) is 0.200. The van der Waals surface area contributed by atoms with Crippen LogP contribution in [0.1, 0.15) is 31.2 Å². The maximum atomic E-state index is 5.71. The Morgan fingerprint density at radius 1 is 1.23 bits per heavy atom. The van der Waals surface area contributed by atoms with Gasteiger partial charge in [-0.3, -0.25) is 4.99 Å². The number of ether oxygens (including phenoxy) is 2. The van der Waals surface area contributed by atoms with E-state index in [0.29, 0.717) is 12.0 Å². The highest BCUT2D eigenvalue weighted by molar-refractivity contribution is 14.0. The van der Waals surface area contributed by atoms with E-state index >= 15 is 0 Å². The molecular formula is C23H39IN4O2. The van der Waals surface area contributed by atoms with Gasteiger partial charge in [-0.15, -0.1) is 24.0 Å². The van der Waals surface area contributed by atoms with E-state index in [1.807, 2.05) is 7.05 Å². The first-order valence-electron chi connectivity index (χ1n) is 11.2. The van der Waals surface area contributed by atoms with Crippen LogP contribution in [0.15, 0.2) is 35.3 Å². The Balaban J connectivity index is 0.00000320. The highest BCUT2D eigenvalue weighted by Gasteiger charge is 2.22. The van der Waals surface area contributed by atoms with Gasteiger partial charge in [-0.1, -0.05) is 30.3 Å². The Labute approximate surface area is 199 Å². The molecule has 2 aliphatic rings. The fraction of sp³-hybridized carbons (Fsp3) is 0.696. The molecule has 0 spiro atoms. The van der Waals surface area contributed by atoms with E-state index in [1.165, 1.54) is 31.5 Å². The number of hydrogen-bond donors (Lipinski definition) is 2. The number of halogens is 1. The minimum atomic E-state index is 0. The zero-order valence-corrected chi connectivity index (χ0v) is 20.7. The number of hydrogen-bond acceptors (Lipinski definition) is 4. The van der Waals surface area contributed by atoms with Gasteiger partial charge in [0.25, 0.3) is 0 Å². The maximum Gasteiger partial charge on any atom is 0.190 e. The molecule has 1 aromatic carbocycles. The van der Waals surface area contributed by atoms with Gasteiger partial charge in [0.2, 0.25) is 0 Å². The van der Waals surface area contributed by atoms with Gasteiger partial charge in [-0.25, -0.2) is 0 Å². The third-order valence-corrected chi connectivity index (χ3v) is 5.80. The number of benzene rings is 1. The third kappa shape index (κ3) is 9.49. The molecule has 0 radical (unpaired) electrons. The summed E-state index contributed by atoms with van der Waals surface area (Å²) in [6.07, 6.45) is 6.00. The molecule has 0 aliphatic carbocycles. The molecule has 3 rings (SSSR count). The molecule has 1 aromatic rings. The van der Waals surface area contributed by atoms with Crippen molar-refractivity contribution in [2.24, 2.45) is 10.9 Å². The number of nitrogens with one attached hydrogen (secondary N) is 2. The fourth-order valence-corrected chi connectivity index (χ4v) is 4.05. The summed E-state index contributed by atoms with van der Waals surface area (Å²) < 4.78 is 11.3. The van der Waals surface area contributed by atoms with E-state index in [0.717, 1.165) is 64.7 Å². The molecule has 30 heavy (non-hydrogen) atoms. The monoisotopic (exact) mass is 530 g/mol. The summed E-state index contributed by atoms with van der Waals surface area (Å²) in [6.45, 7) is 7.78. The summed E-state index contributed by atoms with van der Waals surface area (Å²) >= 11 is 0. The number of likely N-dealkylation sites (tertiary alicyclic amines) is 1. The van der Waals surface area contributed by atoms with E-state index in [2.05, 4.69) is 50.9 Å². The number of guanidine groups is 1. The van der Waals surface area contributed by atoms with Gasteiger partial charge in [0.1, 0.15) is 0 Å². The Morgan fingerprint density at radius 3 is 2.87 bits per heavy atom. The highest BCUT2D eigenvalue weighted by atomic mass is 127. The number of nitrogens with zero attached hydrogens (tertiary/aromatic N) is 2. The van der Waals surface area contributed by atoms with E-state index < -0.39 is 0 Å². The van der Waals surface area contributed by atoms with Gasteiger partial charge in [-0.2, -0.15) is 0 Å². The van der Waals surface area contributed by atoms with Crippen LogP contribution in [0.5, 0.6) is 0 Å². The molecule has 2 heterocycles. The molecular weight excluding hydrogens is 491 g/mol. The fourth-order valence-electron chi connectivity index (χ4n) is 4.05. The lowest BCUT2D eigenvalue weighted by atomic mass is 10.1. The second-order valence-electron chi connectivity index (χ2n) is 8.13. The van der Waals surface area contributed by atoms with Gasteiger partial charge in [0.05, 0.1) is 12.7 Å². The first-order valence-corrected chi connectivity index (χ1v) is 11.2. The van der Waals surface area contributed by atoms with E-state index in [4.69, 9.17) is 9.47 Å². The molecule has 0 amide bonds. The lowest BCUT2D eigenvalue weighted by Gasteiger charge is -2.17. The van der Waals surface area contributed by atoms with Crippen LogP contribution < -0.4 is 10.6 Å². The van der Waals surface area contributed by atoms with Crippen LogP contribution >= 0.6 is 24.0 Å². The van der Waals surface area contributed by atoms with Crippen LogP contribution in [0.2, 0.25) is 0 Å². The number of aliphatic imine (C=N–C) groups is 1. The zero-order chi connectivity index (χ0) is 20.2. The summed E-state index contributed by atoms with van der Waals surface area (Å²) in [6, 6.07) is 10.8. The van der Waals surface area contributed by atoms with Gasteiger partial charge < -0.3 is 25.0 Å². The Hall–Kier alpha value is -0.900. The van der Waals surface area contributed by atoms with Crippen LogP contribution in [0.25, 0.3) is 0 Å². The van der Waals surface area contributed by atoms with Crippen molar-refractivity contribution in [1.29, 1.82) is 0 Å². The first-order chi connectivity index (χ1) is 14.3. The lowest BCUT2D eigenvalue weighted by Crippen LogP contribution is -2.40. The number of rotatable bonds is 11. The highest BCUT2D eigenvalue weighted by Crippen LogP contribution is 2.16. The predicted octanol–water partition coefficient (Wildman–Crippen LogP) is 2.92. The molecule has 0 saturated carbocycles. The lowest BCUT2D eigenvalue weighted by molar-refractivity contribution is 0.0168. The van der Waals surface area contributed by atoms with Crippen molar-refractivity contribution in [3.63, 3.8) is 0 Å². The average molecular weight is 530 g/mol. The molecule has 0 bridgehead atoms. The van der Waals surface area contributed by atoms with Crippen LogP contribution in [0.3, 0.4) is 0 Å². The molecule has 6 nitrogen and oxygen atoms in total. The minimum Gasteiger partial charge on any atom is -0.379 e. The molecule has 0 aromatic heterocycles. The van der Waals surface area contributed by atoms with Crippen LogP contribution in [0.4, 0.5) is 0 Å². The normalized spacial score (nSPS) is 22.1. The Morgan fingerprint density at radius 2 is 2.10 bits per heavy atom. The molecule has 170 valence electrons. The molecule has 2 saturated heterocycles. The second-order valence-corrected chi connectivity index (χ2v) is 8.13. The van der Waals surface area contributed by atoms with Crippen LogP contribution in [0, 0.1) is 5.92 Å². The van der Waals surface area contributed by atoms with E-state index in [1.54, 1.807) is 0 Å². The Bertz CT molecular complexity index is 596. The standard InChI is InChI=1S/C23H38N4O2.HI/c1-24-23(25-12-6-15-28-19-22-9-5-16-29-22)26-17-21-11-14-27(18-21)13-10-20-7-3-2-4-8-20;/h2-4,7-8,21-22H,5-6,9-19H2,1H3,(H2,24,25,26);1H. The summed E-state index contributed by atoms with van der Waals surface area (Å²) in [5.41, 5.74) is 1.43. The summed E-state index contributed by atoms with van der Waals surface area (Å²) in [4.78, 5) is 6.93. The molecule has 7 heteroatoms. The van der Waals surface area contributed by atoms with Gasteiger partial charge in [-0.05, 0) is 50.1 Å². The van der Waals surface area contributed by atoms with Gasteiger partial charge >= 0.3 is 0 Å². The first kappa shape index (κ1) is 25.4. The smallest absolute Gasteiger partial charge is 0.190 e. The topological polar surface area (TPSA) is 58.1 Å².